The van der Waals surface area contributed by atoms with Crippen molar-refractivity contribution in [3.63, 3.8) is 0 Å². The lowest BCUT2D eigenvalue weighted by Crippen LogP contribution is -2.28. The first kappa shape index (κ1) is 19.4. The van der Waals surface area contributed by atoms with Gasteiger partial charge in [0.2, 0.25) is 5.91 Å². The second-order valence-electron chi connectivity index (χ2n) is 6.35. The molecule has 0 bridgehead atoms. The fraction of sp³-hybridized carbons (Fsp3) is 0.389. The van der Waals surface area contributed by atoms with E-state index in [1.165, 1.54) is 15.6 Å². The zero-order chi connectivity index (χ0) is 18.7. The van der Waals surface area contributed by atoms with Crippen LogP contribution in [0.25, 0.3) is 0 Å². The van der Waals surface area contributed by atoms with Gasteiger partial charge in [0.25, 0.3) is 10.0 Å². The van der Waals surface area contributed by atoms with Gasteiger partial charge < -0.3 is 5.32 Å². The van der Waals surface area contributed by atoms with E-state index < -0.39 is 10.0 Å². The summed E-state index contributed by atoms with van der Waals surface area (Å²) < 4.78 is 26.9. The average Bonchev–Trinajstić information content (AvgIpc) is 3.27. The van der Waals surface area contributed by atoms with Gasteiger partial charge in [0, 0.05) is 23.0 Å². The summed E-state index contributed by atoms with van der Waals surface area (Å²) in [6.07, 6.45) is 1.98. The number of sulfonamides is 1. The molecule has 8 heteroatoms. The summed E-state index contributed by atoms with van der Waals surface area (Å²) in [4.78, 5) is 13.0. The van der Waals surface area contributed by atoms with Crippen molar-refractivity contribution in [3.8, 4) is 0 Å². The molecule has 140 valence electrons. The largest absolute Gasteiger partial charge is 0.349 e. The Kier molecular flexibility index (Phi) is 6.02. The van der Waals surface area contributed by atoms with Gasteiger partial charge in [0.1, 0.15) is 4.21 Å². The Morgan fingerprint density at radius 3 is 2.50 bits per heavy atom. The van der Waals surface area contributed by atoms with Crippen LogP contribution < -0.4 is 5.32 Å². The predicted molar refractivity (Wildman–Crippen MR) is 104 cm³/mol. The summed E-state index contributed by atoms with van der Waals surface area (Å²) >= 11 is 7.05. The number of nitrogens with one attached hydrogen (secondary N) is 1. The molecule has 1 aliphatic heterocycles. The van der Waals surface area contributed by atoms with Crippen LogP contribution in [-0.4, -0.2) is 31.7 Å². The molecule has 1 unspecified atom stereocenters. The van der Waals surface area contributed by atoms with E-state index in [-0.39, 0.29) is 18.4 Å². The molecule has 26 heavy (non-hydrogen) atoms. The maximum Gasteiger partial charge on any atom is 0.252 e. The maximum atomic E-state index is 12.5. The first-order chi connectivity index (χ1) is 12.4. The number of nitrogens with zero attached hydrogens (tertiary/aromatic N) is 1. The van der Waals surface area contributed by atoms with Crippen LogP contribution in [0.1, 0.15) is 36.2 Å². The lowest BCUT2D eigenvalue weighted by Gasteiger charge is -2.14. The van der Waals surface area contributed by atoms with Gasteiger partial charge in [-0.1, -0.05) is 23.7 Å². The lowest BCUT2D eigenvalue weighted by atomic mass is 10.1. The van der Waals surface area contributed by atoms with Crippen LogP contribution in [-0.2, 0) is 21.2 Å². The van der Waals surface area contributed by atoms with E-state index in [0.29, 0.717) is 22.3 Å². The molecule has 1 saturated heterocycles. The SMILES string of the molecule is CC(NC(=O)Cc1ccc(S(=O)(=O)N2CCCC2)s1)c1ccc(Cl)cc1. The van der Waals surface area contributed by atoms with Gasteiger partial charge >= 0.3 is 0 Å². The van der Waals surface area contributed by atoms with Gasteiger partial charge in [-0.05, 0) is 49.6 Å². The third-order valence-electron chi connectivity index (χ3n) is 4.38. The topological polar surface area (TPSA) is 66.5 Å². The third-order valence-corrected chi connectivity index (χ3v) is 8.08. The minimum Gasteiger partial charge on any atom is -0.349 e. The Bertz CT molecular complexity index is 872. The van der Waals surface area contributed by atoms with Crippen LogP contribution in [0.3, 0.4) is 0 Å². The molecule has 0 aliphatic carbocycles. The zero-order valence-corrected chi connectivity index (χ0v) is 16.8. The number of hydrogen-bond donors (Lipinski definition) is 1. The molecule has 1 aromatic carbocycles. The average molecular weight is 413 g/mol. The third kappa shape index (κ3) is 4.46. The van der Waals surface area contributed by atoms with Crippen molar-refractivity contribution in [1.29, 1.82) is 0 Å². The molecule has 0 saturated carbocycles. The summed E-state index contributed by atoms with van der Waals surface area (Å²) in [7, 11) is -3.42. The Hall–Kier alpha value is -1.41. The molecule has 1 amide bonds. The van der Waals surface area contributed by atoms with Crippen molar-refractivity contribution in [1.82, 2.24) is 9.62 Å². The van der Waals surface area contributed by atoms with Gasteiger partial charge in [0.15, 0.2) is 0 Å². The smallest absolute Gasteiger partial charge is 0.252 e. The molecule has 0 spiro atoms. The fourth-order valence-corrected chi connectivity index (χ4v) is 6.08. The fourth-order valence-electron chi connectivity index (χ4n) is 2.93. The molecule has 1 aliphatic rings. The molecule has 2 heterocycles. The minimum absolute atomic E-state index is 0.139. The van der Waals surface area contributed by atoms with E-state index in [9.17, 15) is 13.2 Å². The summed E-state index contributed by atoms with van der Waals surface area (Å²) in [5.41, 5.74) is 0.964. The highest BCUT2D eigenvalue weighted by Gasteiger charge is 2.28. The van der Waals surface area contributed by atoms with Crippen molar-refractivity contribution >= 4 is 38.9 Å². The van der Waals surface area contributed by atoms with Gasteiger partial charge in [-0.2, -0.15) is 4.31 Å². The number of thiophene rings is 1. The standard InChI is InChI=1S/C18H21ClN2O3S2/c1-13(14-4-6-15(19)7-5-14)20-17(22)12-16-8-9-18(25-16)26(23,24)21-10-2-3-11-21/h4-9,13H,2-3,10-12H2,1H3,(H,20,22). The van der Waals surface area contributed by atoms with Crippen molar-refractivity contribution in [2.45, 2.75) is 36.4 Å². The molecule has 5 nitrogen and oxygen atoms in total. The molecular formula is C18H21ClN2O3S2. The second-order valence-corrected chi connectivity index (χ2v) is 10.1. The summed E-state index contributed by atoms with van der Waals surface area (Å²) in [5.74, 6) is -0.139. The number of carbonyl (C=O) groups is 1. The Balaban J connectivity index is 1.61. The quantitative estimate of drug-likeness (QED) is 0.788. The van der Waals surface area contributed by atoms with Gasteiger partial charge in [-0.25, -0.2) is 8.42 Å². The Labute approximate surface area is 163 Å². The zero-order valence-electron chi connectivity index (χ0n) is 14.4. The predicted octanol–water partition coefficient (Wildman–Crippen LogP) is 3.61. The van der Waals surface area contributed by atoms with Crippen LogP contribution in [0.15, 0.2) is 40.6 Å². The number of benzene rings is 1. The Morgan fingerprint density at radius 1 is 1.19 bits per heavy atom. The summed E-state index contributed by atoms with van der Waals surface area (Å²) in [5, 5.41) is 3.58. The van der Waals surface area contributed by atoms with Crippen molar-refractivity contribution in [2.24, 2.45) is 0 Å². The highest BCUT2D eigenvalue weighted by molar-refractivity contribution is 7.91. The van der Waals surface area contributed by atoms with Gasteiger partial charge in [-0.15, -0.1) is 11.3 Å². The number of carbonyl (C=O) groups excluding carboxylic acids is 1. The van der Waals surface area contributed by atoms with Crippen LogP contribution in [0, 0.1) is 0 Å². The van der Waals surface area contributed by atoms with E-state index in [0.717, 1.165) is 23.3 Å². The van der Waals surface area contributed by atoms with Gasteiger partial charge in [0.05, 0.1) is 12.5 Å². The van der Waals surface area contributed by atoms with E-state index in [2.05, 4.69) is 5.32 Å². The number of rotatable bonds is 6. The number of amides is 1. The molecule has 1 atom stereocenters. The maximum absolute atomic E-state index is 12.5. The van der Waals surface area contributed by atoms with Crippen molar-refractivity contribution < 1.29 is 13.2 Å². The van der Waals surface area contributed by atoms with Crippen molar-refractivity contribution in [2.75, 3.05) is 13.1 Å². The molecular weight excluding hydrogens is 392 g/mol. The molecule has 1 N–H and O–H groups in total. The molecule has 3 rings (SSSR count). The van der Waals surface area contributed by atoms with Crippen LogP contribution in [0.2, 0.25) is 5.02 Å². The van der Waals surface area contributed by atoms with E-state index in [1.807, 2.05) is 19.1 Å². The van der Waals surface area contributed by atoms with Crippen LogP contribution in [0.4, 0.5) is 0 Å². The summed E-state index contributed by atoms with van der Waals surface area (Å²) in [6, 6.07) is 10.5. The monoisotopic (exact) mass is 412 g/mol. The highest BCUT2D eigenvalue weighted by atomic mass is 35.5. The molecule has 2 aromatic rings. The first-order valence-corrected chi connectivity index (χ1v) is 11.1. The molecule has 1 aromatic heterocycles. The summed E-state index contributed by atoms with van der Waals surface area (Å²) in [6.45, 7) is 3.06. The van der Waals surface area contributed by atoms with Crippen LogP contribution >= 0.6 is 22.9 Å². The van der Waals surface area contributed by atoms with E-state index in [4.69, 9.17) is 11.6 Å². The van der Waals surface area contributed by atoms with Crippen LogP contribution in [0.5, 0.6) is 0 Å². The molecule has 1 fully saturated rings. The first-order valence-electron chi connectivity index (χ1n) is 8.50. The van der Waals surface area contributed by atoms with Crippen molar-refractivity contribution in [3.05, 3.63) is 51.9 Å². The normalized spacial score (nSPS) is 16.5. The minimum atomic E-state index is -3.42. The Morgan fingerprint density at radius 2 is 1.85 bits per heavy atom. The molecule has 0 radical (unpaired) electrons. The van der Waals surface area contributed by atoms with Gasteiger partial charge in [-0.3, -0.25) is 4.79 Å². The lowest BCUT2D eigenvalue weighted by molar-refractivity contribution is -0.121. The second kappa shape index (κ2) is 8.08. The number of halogens is 1. The van der Waals surface area contributed by atoms with E-state index >= 15 is 0 Å². The number of hydrogen-bond acceptors (Lipinski definition) is 4. The van der Waals surface area contributed by atoms with E-state index in [1.54, 1.807) is 24.3 Å². The highest BCUT2D eigenvalue weighted by Crippen LogP contribution is 2.27.